The molecule has 0 aromatic carbocycles. The van der Waals surface area contributed by atoms with Crippen molar-refractivity contribution in [3.05, 3.63) is 0 Å². The van der Waals surface area contributed by atoms with Crippen LogP contribution in [-0.4, -0.2) is 5.71 Å². The van der Waals surface area contributed by atoms with Gasteiger partial charge in [-0.05, 0) is 25.7 Å². The Balaban J connectivity index is 3.54. The van der Waals surface area contributed by atoms with Crippen molar-refractivity contribution in [3.63, 3.8) is 0 Å². The Morgan fingerprint density at radius 2 is 2.00 bits per heavy atom. The summed E-state index contributed by atoms with van der Waals surface area (Å²) >= 11 is 0. The smallest absolute Gasteiger partial charge is 0.00890 e. The van der Waals surface area contributed by atoms with Crippen LogP contribution in [0, 0.1) is 11.3 Å². The SMILES string of the molecule is CCC[C@@H](CC)C(C)=N. The van der Waals surface area contributed by atoms with Crippen LogP contribution in [0.1, 0.15) is 40.0 Å². The van der Waals surface area contributed by atoms with Gasteiger partial charge >= 0.3 is 0 Å². The summed E-state index contributed by atoms with van der Waals surface area (Å²) in [6.07, 6.45) is 3.52. The molecule has 0 heterocycles. The first-order chi connectivity index (χ1) is 4.22. The van der Waals surface area contributed by atoms with E-state index in [1.807, 2.05) is 6.92 Å². The van der Waals surface area contributed by atoms with Gasteiger partial charge in [-0.25, -0.2) is 0 Å². The fourth-order valence-electron chi connectivity index (χ4n) is 1.08. The Kier molecular flexibility index (Phi) is 4.37. The molecule has 9 heavy (non-hydrogen) atoms. The van der Waals surface area contributed by atoms with Gasteiger partial charge in [0, 0.05) is 5.71 Å². The molecular formula is C8H17N. The molecule has 0 amide bonds. The van der Waals surface area contributed by atoms with Crippen LogP contribution in [0.4, 0.5) is 0 Å². The van der Waals surface area contributed by atoms with E-state index in [1.54, 1.807) is 0 Å². The first-order valence-corrected chi connectivity index (χ1v) is 3.77. The number of rotatable bonds is 4. The van der Waals surface area contributed by atoms with E-state index in [1.165, 1.54) is 12.8 Å². The van der Waals surface area contributed by atoms with Gasteiger partial charge in [-0.3, -0.25) is 0 Å². The maximum Gasteiger partial charge on any atom is 0.00890 e. The third-order valence-corrected chi connectivity index (χ3v) is 1.74. The average Bonchev–Trinajstić information content (AvgIpc) is 1.82. The van der Waals surface area contributed by atoms with Gasteiger partial charge in [0.1, 0.15) is 0 Å². The van der Waals surface area contributed by atoms with Crippen molar-refractivity contribution >= 4 is 5.71 Å². The van der Waals surface area contributed by atoms with E-state index in [0.29, 0.717) is 5.92 Å². The maximum atomic E-state index is 7.35. The predicted octanol–water partition coefficient (Wildman–Crippen LogP) is 2.85. The minimum absolute atomic E-state index is 0.551. The number of nitrogens with one attached hydrogen (secondary N) is 1. The standard InChI is InChI=1S/C8H17N/c1-4-6-8(5-2)7(3)9/h8-9H,4-6H2,1-3H3/t8-/m1/s1. The predicted molar refractivity (Wildman–Crippen MR) is 42.1 cm³/mol. The second kappa shape index (κ2) is 4.54. The summed E-state index contributed by atoms with van der Waals surface area (Å²) in [7, 11) is 0. The van der Waals surface area contributed by atoms with Gasteiger partial charge in [0.15, 0.2) is 0 Å². The Bertz CT molecular complexity index is 86.6. The molecule has 54 valence electrons. The van der Waals surface area contributed by atoms with E-state index >= 15 is 0 Å². The van der Waals surface area contributed by atoms with Crippen LogP contribution in [0.2, 0.25) is 0 Å². The molecule has 0 saturated carbocycles. The molecule has 0 aliphatic heterocycles. The lowest BCUT2D eigenvalue weighted by Gasteiger charge is -2.10. The molecule has 1 N–H and O–H groups in total. The van der Waals surface area contributed by atoms with Crippen LogP contribution in [0.3, 0.4) is 0 Å². The third kappa shape index (κ3) is 3.28. The molecule has 0 radical (unpaired) electrons. The van der Waals surface area contributed by atoms with E-state index < -0.39 is 0 Å². The lowest BCUT2D eigenvalue weighted by Crippen LogP contribution is -2.07. The summed E-state index contributed by atoms with van der Waals surface area (Å²) in [6.45, 7) is 6.23. The van der Waals surface area contributed by atoms with Crippen LogP contribution in [0.25, 0.3) is 0 Å². The van der Waals surface area contributed by atoms with Crippen LogP contribution >= 0.6 is 0 Å². The Morgan fingerprint density at radius 3 is 2.11 bits per heavy atom. The van der Waals surface area contributed by atoms with Gasteiger partial charge in [-0.1, -0.05) is 20.3 Å². The van der Waals surface area contributed by atoms with Crippen molar-refractivity contribution in [1.29, 1.82) is 5.41 Å². The van der Waals surface area contributed by atoms with Gasteiger partial charge < -0.3 is 5.41 Å². The maximum absolute atomic E-state index is 7.35. The van der Waals surface area contributed by atoms with Crippen molar-refractivity contribution in [2.75, 3.05) is 0 Å². The van der Waals surface area contributed by atoms with E-state index in [2.05, 4.69) is 13.8 Å². The number of hydrogen-bond acceptors (Lipinski definition) is 1. The molecular weight excluding hydrogens is 110 g/mol. The molecule has 0 fully saturated rings. The largest absolute Gasteiger partial charge is 0.310 e. The van der Waals surface area contributed by atoms with Crippen molar-refractivity contribution < 1.29 is 0 Å². The Labute approximate surface area is 58.0 Å². The molecule has 0 aliphatic carbocycles. The van der Waals surface area contributed by atoms with Gasteiger partial charge in [0.25, 0.3) is 0 Å². The van der Waals surface area contributed by atoms with Crippen molar-refractivity contribution in [2.24, 2.45) is 5.92 Å². The summed E-state index contributed by atoms with van der Waals surface area (Å²) < 4.78 is 0. The topological polar surface area (TPSA) is 23.9 Å². The zero-order valence-corrected chi connectivity index (χ0v) is 6.70. The van der Waals surface area contributed by atoms with Crippen molar-refractivity contribution in [1.82, 2.24) is 0 Å². The fraction of sp³-hybridized carbons (Fsp3) is 0.875. The molecule has 0 unspecified atom stereocenters. The first kappa shape index (κ1) is 8.67. The minimum Gasteiger partial charge on any atom is -0.310 e. The van der Waals surface area contributed by atoms with Gasteiger partial charge in [0.05, 0.1) is 0 Å². The highest BCUT2D eigenvalue weighted by atomic mass is 14.4. The molecule has 1 nitrogen and oxygen atoms in total. The van der Waals surface area contributed by atoms with Crippen molar-refractivity contribution in [3.8, 4) is 0 Å². The molecule has 0 aromatic rings. The van der Waals surface area contributed by atoms with Crippen LogP contribution in [0.5, 0.6) is 0 Å². The summed E-state index contributed by atoms with van der Waals surface area (Å²) in [5, 5.41) is 7.35. The molecule has 0 aromatic heterocycles. The quantitative estimate of drug-likeness (QED) is 0.561. The molecule has 0 spiro atoms. The highest BCUT2D eigenvalue weighted by molar-refractivity contribution is 5.81. The zero-order chi connectivity index (χ0) is 7.28. The lowest BCUT2D eigenvalue weighted by atomic mass is 9.96. The van der Waals surface area contributed by atoms with Crippen LogP contribution < -0.4 is 0 Å². The lowest BCUT2D eigenvalue weighted by molar-refractivity contribution is 0.590. The number of hydrogen-bond donors (Lipinski definition) is 1. The monoisotopic (exact) mass is 127 g/mol. The summed E-state index contributed by atoms with van der Waals surface area (Å²) in [5.74, 6) is 0.551. The molecule has 1 heteroatoms. The molecule has 0 bridgehead atoms. The molecule has 0 saturated heterocycles. The fourth-order valence-corrected chi connectivity index (χ4v) is 1.08. The van der Waals surface area contributed by atoms with E-state index in [-0.39, 0.29) is 0 Å². The summed E-state index contributed by atoms with van der Waals surface area (Å²) in [4.78, 5) is 0. The van der Waals surface area contributed by atoms with E-state index in [9.17, 15) is 0 Å². The van der Waals surface area contributed by atoms with Crippen molar-refractivity contribution in [2.45, 2.75) is 40.0 Å². The Morgan fingerprint density at radius 1 is 1.44 bits per heavy atom. The third-order valence-electron chi connectivity index (χ3n) is 1.74. The minimum atomic E-state index is 0.551. The van der Waals surface area contributed by atoms with Crippen LogP contribution in [0.15, 0.2) is 0 Å². The molecule has 0 aliphatic rings. The highest BCUT2D eigenvalue weighted by Gasteiger charge is 2.05. The highest BCUT2D eigenvalue weighted by Crippen LogP contribution is 2.10. The second-order valence-electron chi connectivity index (χ2n) is 2.58. The summed E-state index contributed by atoms with van der Waals surface area (Å²) in [6, 6.07) is 0. The molecule has 0 rings (SSSR count). The molecule has 1 atom stereocenters. The Hall–Kier alpha value is -0.330. The second-order valence-corrected chi connectivity index (χ2v) is 2.58. The van der Waals surface area contributed by atoms with E-state index in [4.69, 9.17) is 5.41 Å². The average molecular weight is 127 g/mol. The van der Waals surface area contributed by atoms with Gasteiger partial charge in [-0.15, -0.1) is 0 Å². The zero-order valence-electron chi connectivity index (χ0n) is 6.70. The van der Waals surface area contributed by atoms with Gasteiger partial charge in [0.2, 0.25) is 0 Å². The van der Waals surface area contributed by atoms with E-state index in [0.717, 1.165) is 12.1 Å². The normalized spacial score (nSPS) is 13.2. The van der Waals surface area contributed by atoms with Gasteiger partial charge in [-0.2, -0.15) is 0 Å². The summed E-state index contributed by atoms with van der Waals surface area (Å²) in [5.41, 5.74) is 0.847. The van der Waals surface area contributed by atoms with Crippen LogP contribution in [-0.2, 0) is 0 Å². The first-order valence-electron chi connectivity index (χ1n) is 3.77.